The van der Waals surface area contributed by atoms with Crippen LogP contribution in [-0.4, -0.2) is 18.9 Å². The minimum atomic E-state index is -0.270. The van der Waals surface area contributed by atoms with Crippen molar-refractivity contribution in [3.8, 4) is 0 Å². The van der Waals surface area contributed by atoms with Crippen molar-refractivity contribution in [2.45, 2.75) is 20.8 Å². The molecule has 1 rings (SSSR count). The molecule has 0 aromatic heterocycles. The molecule has 0 aliphatic rings. The number of hydrogen-bond acceptors (Lipinski definition) is 2. The average Bonchev–Trinajstić information content (AvgIpc) is 2.25. The maximum absolute atomic E-state index is 13.0. The van der Waals surface area contributed by atoms with Crippen LogP contribution in [0.15, 0.2) is 24.3 Å². The highest BCUT2D eigenvalue weighted by molar-refractivity contribution is 5.85. The van der Waals surface area contributed by atoms with Crippen molar-refractivity contribution >= 4 is 11.5 Å². The molecule has 88 valence electrons. The van der Waals surface area contributed by atoms with Crippen molar-refractivity contribution in [2.75, 3.05) is 18.0 Å². The van der Waals surface area contributed by atoms with E-state index < -0.39 is 0 Å². The lowest BCUT2D eigenvalue weighted by molar-refractivity contribution is -0.120. The summed E-state index contributed by atoms with van der Waals surface area (Å²) in [5.41, 5.74) is 0.761. The number of carbonyl (C=O) groups excluding carboxylic acids is 1. The fourth-order valence-corrected chi connectivity index (χ4v) is 1.43. The van der Waals surface area contributed by atoms with Crippen LogP contribution in [0.3, 0.4) is 0 Å². The van der Waals surface area contributed by atoms with Crippen LogP contribution in [0.2, 0.25) is 0 Å². The topological polar surface area (TPSA) is 20.3 Å². The smallest absolute Gasteiger partial charge is 0.154 e. The number of halogens is 1. The second-order valence-electron chi connectivity index (χ2n) is 4.12. The summed E-state index contributed by atoms with van der Waals surface area (Å²) in [4.78, 5) is 13.5. The molecule has 1 aromatic rings. The van der Waals surface area contributed by atoms with Crippen LogP contribution in [0.4, 0.5) is 10.1 Å². The Bertz CT molecular complexity index is 363. The van der Waals surface area contributed by atoms with Crippen molar-refractivity contribution < 1.29 is 9.18 Å². The molecule has 0 atom stereocenters. The van der Waals surface area contributed by atoms with Crippen LogP contribution >= 0.6 is 0 Å². The van der Waals surface area contributed by atoms with E-state index in [0.717, 1.165) is 5.69 Å². The molecule has 0 aliphatic carbocycles. The summed E-state index contributed by atoms with van der Waals surface area (Å²) in [6, 6.07) is 6.34. The molecule has 0 aliphatic heterocycles. The molecule has 0 radical (unpaired) electrons. The Morgan fingerprint density at radius 1 is 1.44 bits per heavy atom. The van der Waals surface area contributed by atoms with Gasteiger partial charge in [0, 0.05) is 18.2 Å². The van der Waals surface area contributed by atoms with Gasteiger partial charge in [-0.25, -0.2) is 4.39 Å². The Morgan fingerprint density at radius 3 is 2.62 bits per heavy atom. The SMILES string of the molecule is CCN(CC(=O)C(C)C)c1cccc(F)c1. The second-order valence-corrected chi connectivity index (χ2v) is 4.12. The van der Waals surface area contributed by atoms with Gasteiger partial charge >= 0.3 is 0 Å². The molecule has 16 heavy (non-hydrogen) atoms. The molecule has 0 amide bonds. The van der Waals surface area contributed by atoms with E-state index >= 15 is 0 Å². The zero-order valence-corrected chi connectivity index (χ0v) is 10.0. The Morgan fingerprint density at radius 2 is 2.12 bits per heavy atom. The molecule has 0 N–H and O–H groups in total. The first-order valence-corrected chi connectivity index (χ1v) is 5.57. The third-order valence-electron chi connectivity index (χ3n) is 2.55. The van der Waals surface area contributed by atoms with Crippen LogP contribution in [-0.2, 0) is 4.79 Å². The van der Waals surface area contributed by atoms with Gasteiger partial charge in [-0.2, -0.15) is 0 Å². The van der Waals surface area contributed by atoms with Crippen molar-refractivity contribution in [2.24, 2.45) is 5.92 Å². The molecular formula is C13H18FNO. The fraction of sp³-hybridized carbons (Fsp3) is 0.462. The lowest BCUT2D eigenvalue weighted by Gasteiger charge is -2.23. The summed E-state index contributed by atoms with van der Waals surface area (Å²) in [6.45, 7) is 6.75. The van der Waals surface area contributed by atoms with Crippen molar-refractivity contribution in [1.29, 1.82) is 0 Å². The van der Waals surface area contributed by atoms with E-state index in [2.05, 4.69) is 0 Å². The first-order valence-electron chi connectivity index (χ1n) is 5.57. The number of likely N-dealkylation sites (N-methyl/N-ethyl adjacent to an activating group) is 1. The molecule has 0 fully saturated rings. The molecular weight excluding hydrogens is 205 g/mol. The van der Waals surface area contributed by atoms with Gasteiger partial charge in [0.2, 0.25) is 0 Å². The van der Waals surface area contributed by atoms with Crippen molar-refractivity contribution in [3.63, 3.8) is 0 Å². The fourth-order valence-electron chi connectivity index (χ4n) is 1.43. The van der Waals surface area contributed by atoms with Gasteiger partial charge in [0.1, 0.15) is 5.82 Å². The van der Waals surface area contributed by atoms with Gasteiger partial charge in [-0.3, -0.25) is 4.79 Å². The number of rotatable bonds is 5. The summed E-state index contributed by atoms with van der Waals surface area (Å²) in [5.74, 6) is -0.0818. The molecule has 0 saturated heterocycles. The van der Waals surface area contributed by atoms with Crippen LogP contribution in [0.5, 0.6) is 0 Å². The number of Topliss-reactive ketones (excluding diaryl/α,β-unsaturated/α-hetero) is 1. The van der Waals surface area contributed by atoms with Crippen molar-refractivity contribution in [3.05, 3.63) is 30.1 Å². The van der Waals surface area contributed by atoms with E-state index in [9.17, 15) is 9.18 Å². The molecule has 0 unspecified atom stereocenters. The Kier molecular flexibility index (Phi) is 4.47. The van der Waals surface area contributed by atoms with Crippen LogP contribution in [0.1, 0.15) is 20.8 Å². The zero-order valence-electron chi connectivity index (χ0n) is 10.0. The Labute approximate surface area is 96.1 Å². The van der Waals surface area contributed by atoms with E-state index in [0.29, 0.717) is 13.1 Å². The van der Waals surface area contributed by atoms with Crippen LogP contribution in [0.25, 0.3) is 0 Å². The summed E-state index contributed by atoms with van der Waals surface area (Å²) in [5, 5.41) is 0. The third kappa shape index (κ3) is 3.33. The second kappa shape index (κ2) is 5.64. The molecule has 3 heteroatoms. The molecule has 0 heterocycles. The van der Waals surface area contributed by atoms with Crippen LogP contribution < -0.4 is 4.90 Å². The van der Waals surface area contributed by atoms with Gasteiger partial charge in [-0.15, -0.1) is 0 Å². The standard InChI is InChI=1S/C13H18FNO/c1-4-15(9-13(16)10(2)3)12-7-5-6-11(14)8-12/h5-8,10H,4,9H2,1-3H3. The predicted molar refractivity (Wildman–Crippen MR) is 64.1 cm³/mol. The molecule has 1 aromatic carbocycles. The molecule has 2 nitrogen and oxygen atoms in total. The minimum absolute atomic E-state index is 0.0163. The summed E-state index contributed by atoms with van der Waals surface area (Å²) in [7, 11) is 0. The van der Waals surface area contributed by atoms with E-state index in [1.54, 1.807) is 6.07 Å². The molecule has 0 spiro atoms. The molecule has 0 saturated carbocycles. The number of benzene rings is 1. The largest absolute Gasteiger partial charge is 0.364 e. The highest BCUT2D eigenvalue weighted by Gasteiger charge is 2.13. The normalized spacial score (nSPS) is 10.6. The first kappa shape index (κ1) is 12.7. The zero-order chi connectivity index (χ0) is 12.1. The summed E-state index contributed by atoms with van der Waals surface area (Å²) in [6.07, 6.45) is 0. The number of nitrogens with zero attached hydrogens (tertiary/aromatic N) is 1. The minimum Gasteiger partial charge on any atom is -0.364 e. The van der Waals surface area contributed by atoms with Gasteiger partial charge < -0.3 is 4.90 Å². The maximum Gasteiger partial charge on any atom is 0.154 e. The van der Waals surface area contributed by atoms with Gasteiger partial charge in [0.05, 0.1) is 6.54 Å². The van der Waals surface area contributed by atoms with Crippen molar-refractivity contribution in [1.82, 2.24) is 0 Å². The van der Waals surface area contributed by atoms with Crippen LogP contribution in [0, 0.1) is 11.7 Å². The first-order chi connectivity index (χ1) is 7.54. The summed E-state index contributed by atoms with van der Waals surface area (Å²) < 4.78 is 13.0. The van der Waals surface area contributed by atoms with E-state index in [1.165, 1.54) is 12.1 Å². The predicted octanol–water partition coefficient (Wildman–Crippen LogP) is 2.88. The maximum atomic E-state index is 13.0. The highest BCUT2D eigenvalue weighted by Crippen LogP contribution is 2.15. The van der Waals surface area contributed by atoms with E-state index in [-0.39, 0.29) is 17.5 Å². The van der Waals surface area contributed by atoms with Gasteiger partial charge in [0.25, 0.3) is 0 Å². The number of hydrogen-bond donors (Lipinski definition) is 0. The average molecular weight is 223 g/mol. The van der Waals surface area contributed by atoms with Gasteiger partial charge in [0.15, 0.2) is 5.78 Å². The lowest BCUT2D eigenvalue weighted by atomic mass is 10.1. The molecule has 0 bridgehead atoms. The highest BCUT2D eigenvalue weighted by atomic mass is 19.1. The van der Waals surface area contributed by atoms with E-state index in [1.807, 2.05) is 31.7 Å². The quantitative estimate of drug-likeness (QED) is 0.765. The number of anilines is 1. The summed E-state index contributed by atoms with van der Waals surface area (Å²) >= 11 is 0. The third-order valence-corrected chi connectivity index (χ3v) is 2.55. The number of ketones is 1. The van der Waals surface area contributed by atoms with Gasteiger partial charge in [-0.1, -0.05) is 19.9 Å². The monoisotopic (exact) mass is 223 g/mol. The lowest BCUT2D eigenvalue weighted by Crippen LogP contribution is -2.31. The van der Waals surface area contributed by atoms with Gasteiger partial charge in [-0.05, 0) is 25.1 Å². The Hall–Kier alpha value is -1.38. The van der Waals surface area contributed by atoms with E-state index in [4.69, 9.17) is 0 Å². The Balaban J connectivity index is 2.78. The number of carbonyl (C=O) groups is 1.